The van der Waals surface area contributed by atoms with Gasteiger partial charge in [-0.15, -0.1) is 0 Å². The molecule has 0 saturated heterocycles. The van der Waals surface area contributed by atoms with E-state index in [1.165, 1.54) is 12.8 Å². The summed E-state index contributed by atoms with van der Waals surface area (Å²) >= 11 is 0. The summed E-state index contributed by atoms with van der Waals surface area (Å²) in [4.78, 5) is 2.46. The summed E-state index contributed by atoms with van der Waals surface area (Å²) in [6, 6.07) is 13.2. The molecular formula is C17H26N2. The summed E-state index contributed by atoms with van der Waals surface area (Å²) in [6.07, 6.45) is 3.55. The Morgan fingerprint density at radius 1 is 1.21 bits per heavy atom. The first kappa shape index (κ1) is 15.7. The smallest absolute Gasteiger partial charge is 0.0839 e. The number of hydrogen-bond acceptors (Lipinski definition) is 2. The third-order valence-electron chi connectivity index (χ3n) is 3.79. The van der Waals surface area contributed by atoms with E-state index in [1.807, 2.05) is 18.2 Å². The molecule has 2 heteroatoms. The zero-order chi connectivity index (χ0) is 14.1. The van der Waals surface area contributed by atoms with Crippen molar-refractivity contribution in [1.29, 1.82) is 5.26 Å². The lowest BCUT2D eigenvalue weighted by Gasteiger charge is -2.30. The van der Waals surface area contributed by atoms with Crippen molar-refractivity contribution in [3.8, 4) is 6.07 Å². The van der Waals surface area contributed by atoms with Crippen LogP contribution in [0.5, 0.6) is 0 Å². The molecule has 0 aromatic heterocycles. The Labute approximate surface area is 118 Å². The predicted octanol–water partition coefficient (Wildman–Crippen LogP) is 4.19. The zero-order valence-electron chi connectivity index (χ0n) is 12.5. The third-order valence-corrected chi connectivity index (χ3v) is 3.79. The Morgan fingerprint density at radius 3 is 2.42 bits per heavy atom. The fourth-order valence-electron chi connectivity index (χ4n) is 2.25. The van der Waals surface area contributed by atoms with E-state index in [2.05, 4.69) is 43.9 Å². The quantitative estimate of drug-likeness (QED) is 0.699. The highest BCUT2D eigenvalue weighted by Crippen LogP contribution is 2.18. The van der Waals surface area contributed by atoms with Crippen LogP contribution in [-0.4, -0.2) is 24.0 Å². The molecule has 2 nitrogen and oxygen atoms in total. The van der Waals surface area contributed by atoms with E-state index in [0.717, 1.165) is 25.1 Å². The Hall–Kier alpha value is -1.33. The van der Waals surface area contributed by atoms with Crippen LogP contribution in [0.1, 0.15) is 51.5 Å². The Morgan fingerprint density at radius 2 is 1.89 bits per heavy atom. The molecule has 0 saturated carbocycles. The van der Waals surface area contributed by atoms with Gasteiger partial charge < -0.3 is 0 Å². The van der Waals surface area contributed by atoms with Crippen molar-refractivity contribution < 1.29 is 0 Å². The molecule has 104 valence electrons. The molecule has 1 aromatic carbocycles. The second kappa shape index (κ2) is 8.72. The molecule has 1 aromatic rings. The fourth-order valence-corrected chi connectivity index (χ4v) is 2.25. The van der Waals surface area contributed by atoms with Crippen LogP contribution in [0, 0.1) is 11.3 Å². The van der Waals surface area contributed by atoms with Crippen LogP contribution in [0.3, 0.4) is 0 Å². The zero-order valence-corrected chi connectivity index (χ0v) is 12.5. The lowest BCUT2D eigenvalue weighted by atomic mass is 9.99. The molecule has 0 bridgehead atoms. The van der Waals surface area contributed by atoms with Crippen LogP contribution >= 0.6 is 0 Å². The third kappa shape index (κ3) is 5.04. The van der Waals surface area contributed by atoms with Gasteiger partial charge in [0.05, 0.1) is 12.0 Å². The molecule has 0 aliphatic rings. The second-order valence-electron chi connectivity index (χ2n) is 5.20. The van der Waals surface area contributed by atoms with Crippen LogP contribution in [0.2, 0.25) is 0 Å². The van der Waals surface area contributed by atoms with E-state index in [4.69, 9.17) is 0 Å². The minimum Gasteiger partial charge on any atom is -0.299 e. The van der Waals surface area contributed by atoms with Crippen molar-refractivity contribution in [2.24, 2.45) is 0 Å². The molecule has 1 rings (SSSR count). The van der Waals surface area contributed by atoms with Crippen LogP contribution in [0.15, 0.2) is 30.3 Å². The molecule has 0 N–H and O–H groups in total. The first-order valence-corrected chi connectivity index (χ1v) is 7.41. The van der Waals surface area contributed by atoms with Crippen molar-refractivity contribution >= 4 is 0 Å². The highest BCUT2D eigenvalue weighted by molar-refractivity contribution is 5.25. The summed E-state index contributed by atoms with van der Waals surface area (Å²) in [5.41, 5.74) is 1.13. The van der Waals surface area contributed by atoms with E-state index in [-0.39, 0.29) is 5.92 Å². The second-order valence-corrected chi connectivity index (χ2v) is 5.20. The molecule has 0 aliphatic heterocycles. The van der Waals surface area contributed by atoms with Gasteiger partial charge in [0, 0.05) is 12.6 Å². The molecule has 2 unspecified atom stereocenters. The fraction of sp³-hybridized carbons (Fsp3) is 0.588. The van der Waals surface area contributed by atoms with E-state index < -0.39 is 0 Å². The Balaban J connectivity index is 2.73. The normalized spacial score (nSPS) is 14.1. The maximum absolute atomic E-state index is 9.43. The van der Waals surface area contributed by atoms with Gasteiger partial charge in [-0.3, -0.25) is 4.90 Å². The summed E-state index contributed by atoms with van der Waals surface area (Å²) < 4.78 is 0. The number of nitriles is 1. The lowest BCUT2D eigenvalue weighted by molar-refractivity contribution is 0.197. The molecule has 0 fully saturated rings. The van der Waals surface area contributed by atoms with Crippen LogP contribution < -0.4 is 0 Å². The number of rotatable bonds is 8. The average Bonchev–Trinajstić information content (AvgIpc) is 2.47. The molecule has 19 heavy (non-hydrogen) atoms. The number of nitrogens with zero attached hydrogens (tertiary/aromatic N) is 2. The monoisotopic (exact) mass is 258 g/mol. The molecule has 0 heterocycles. The van der Waals surface area contributed by atoms with Crippen molar-refractivity contribution in [1.82, 2.24) is 4.90 Å². The summed E-state index contributed by atoms with van der Waals surface area (Å²) in [5.74, 6) is -0.0212. The van der Waals surface area contributed by atoms with Gasteiger partial charge >= 0.3 is 0 Å². The molecule has 2 atom stereocenters. The molecule has 0 amide bonds. The van der Waals surface area contributed by atoms with Crippen molar-refractivity contribution in [2.75, 3.05) is 13.1 Å². The summed E-state index contributed by atoms with van der Waals surface area (Å²) in [7, 11) is 0. The molecule has 0 radical (unpaired) electrons. The van der Waals surface area contributed by atoms with Gasteiger partial charge in [-0.1, -0.05) is 50.6 Å². The molecule has 0 spiro atoms. The van der Waals surface area contributed by atoms with Gasteiger partial charge in [-0.05, 0) is 31.9 Å². The summed E-state index contributed by atoms with van der Waals surface area (Å²) in [5, 5.41) is 9.43. The minimum absolute atomic E-state index is 0.0212. The van der Waals surface area contributed by atoms with E-state index in [1.54, 1.807) is 0 Å². The van der Waals surface area contributed by atoms with Gasteiger partial charge in [0.2, 0.25) is 0 Å². The minimum atomic E-state index is -0.0212. The van der Waals surface area contributed by atoms with Crippen LogP contribution in [0.25, 0.3) is 0 Å². The topological polar surface area (TPSA) is 27.0 Å². The number of benzene rings is 1. The van der Waals surface area contributed by atoms with Crippen molar-refractivity contribution in [3.05, 3.63) is 35.9 Å². The molecule has 0 aliphatic carbocycles. The maximum Gasteiger partial charge on any atom is 0.0839 e. The van der Waals surface area contributed by atoms with Gasteiger partial charge in [-0.2, -0.15) is 5.26 Å². The standard InChI is InChI=1S/C17H26N2/c1-4-6-12-19(15(3)5-2)14-17(13-18)16-10-8-7-9-11-16/h7-11,15,17H,4-6,12,14H2,1-3H3. The molecular weight excluding hydrogens is 232 g/mol. The average molecular weight is 258 g/mol. The SMILES string of the molecule is CCCCN(CC(C#N)c1ccccc1)C(C)CC. The van der Waals surface area contributed by atoms with Crippen LogP contribution in [0.4, 0.5) is 0 Å². The first-order chi connectivity index (χ1) is 9.22. The van der Waals surface area contributed by atoms with Gasteiger partial charge in [0.15, 0.2) is 0 Å². The predicted molar refractivity (Wildman–Crippen MR) is 81.0 cm³/mol. The Kier molecular flexibility index (Phi) is 7.22. The van der Waals surface area contributed by atoms with E-state index in [0.29, 0.717) is 6.04 Å². The largest absolute Gasteiger partial charge is 0.299 e. The number of hydrogen-bond donors (Lipinski definition) is 0. The van der Waals surface area contributed by atoms with Crippen LogP contribution in [-0.2, 0) is 0 Å². The number of unbranched alkanes of at least 4 members (excludes halogenated alkanes) is 1. The van der Waals surface area contributed by atoms with Gasteiger partial charge in [0.1, 0.15) is 0 Å². The highest BCUT2D eigenvalue weighted by atomic mass is 15.1. The van der Waals surface area contributed by atoms with Gasteiger partial charge in [-0.25, -0.2) is 0 Å². The summed E-state index contributed by atoms with van der Waals surface area (Å²) in [6.45, 7) is 8.63. The Bertz CT molecular complexity index is 380. The van der Waals surface area contributed by atoms with Crippen molar-refractivity contribution in [2.45, 2.75) is 52.0 Å². The van der Waals surface area contributed by atoms with Gasteiger partial charge in [0.25, 0.3) is 0 Å². The van der Waals surface area contributed by atoms with E-state index in [9.17, 15) is 5.26 Å². The highest BCUT2D eigenvalue weighted by Gasteiger charge is 2.18. The van der Waals surface area contributed by atoms with E-state index >= 15 is 0 Å². The van der Waals surface area contributed by atoms with Crippen molar-refractivity contribution in [3.63, 3.8) is 0 Å². The first-order valence-electron chi connectivity index (χ1n) is 7.41. The lowest BCUT2D eigenvalue weighted by Crippen LogP contribution is -2.36. The maximum atomic E-state index is 9.43.